The molecule has 2 unspecified atom stereocenters. The van der Waals surface area contributed by atoms with Gasteiger partial charge in [0.15, 0.2) is 0 Å². The molecule has 1 rings (SSSR count). The van der Waals surface area contributed by atoms with Crippen LogP contribution in [0.25, 0.3) is 0 Å². The summed E-state index contributed by atoms with van der Waals surface area (Å²) in [5.41, 5.74) is 0.783. The van der Waals surface area contributed by atoms with Gasteiger partial charge in [0.05, 0.1) is 12.7 Å². The highest BCUT2D eigenvalue weighted by molar-refractivity contribution is 5.03. The van der Waals surface area contributed by atoms with E-state index in [0.29, 0.717) is 16.9 Å². The molecular formula is C15H30O. The van der Waals surface area contributed by atoms with Crippen molar-refractivity contribution in [2.24, 2.45) is 16.7 Å². The summed E-state index contributed by atoms with van der Waals surface area (Å²) in [4.78, 5) is 0. The molecule has 0 N–H and O–H groups in total. The molecule has 0 saturated carbocycles. The molecule has 1 nitrogen and oxygen atoms in total. The van der Waals surface area contributed by atoms with Crippen molar-refractivity contribution in [1.29, 1.82) is 0 Å². The first-order valence-corrected chi connectivity index (χ1v) is 7.11. The summed E-state index contributed by atoms with van der Waals surface area (Å²) in [6.45, 7) is 15.3. The van der Waals surface area contributed by atoms with Crippen LogP contribution in [-0.4, -0.2) is 12.7 Å². The Labute approximate surface area is 102 Å². The minimum Gasteiger partial charge on any atom is -0.373 e. The summed E-state index contributed by atoms with van der Waals surface area (Å²) >= 11 is 0. The Morgan fingerprint density at radius 1 is 1.06 bits per heavy atom. The van der Waals surface area contributed by atoms with Crippen molar-refractivity contribution in [3.05, 3.63) is 0 Å². The van der Waals surface area contributed by atoms with Gasteiger partial charge in [0, 0.05) is 5.41 Å². The van der Waals surface area contributed by atoms with E-state index in [9.17, 15) is 0 Å². The molecule has 0 spiro atoms. The molecule has 1 aliphatic heterocycles. The second kappa shape index (κ2) is 5.08. The minimum atomic E-state index is 0.361. The van der Waals surface area contributed by atoms with E-state index in [1.807, 2.05) is 0 Å². The molecule has 0 aromatic heterocycles. The molecule has 0 radical (unpaired) electrons. The van der Waals surface area contributed by atoms with Crippen LogP contribution in [0, 0.1) is 16.7 Å². The van der Waals surface area contributed by atoms with Crippen LogP contribution in [0.3, 0.4) is 0 Å². The molecule has 1 heteroatoms. The second-order valence-corrected chi connectivity index (χ2v) is 5.89. The molecule has 16 heavy (non-hydrogen) atoms. The van der Waals surface area contributed by atoms with Gasteiger partial charge < -0.3 is 4.74 Å². The lowest BCUT2D eigenvalue weighted by atomic mass is 9.54. The lowest BCUT2D eigenvalue weighted by Gasteiger charge is -2.50. The average molecular weight is 226 g/mol. The van der Waals surface area contributed by atoms with Gasteiger partial charge in [0.25, 0.3) is 0 Å². The fraction of sp³-hybridized carbons (Fsp3) is 1.00. The highest BCUT2D eigenvalue weighted by Crippen LogP contribution is 2.57. The summed E-state index contributed by atoms with van der Waals surface area (Å²) in [7, 11) is 0. The third-order valence-corrected chi connectivity index (χ3v) is 5.70. The Morgan fingerprint density at radius 3 is 1.75 bits per heavy atom. The maximum Gasteiger partial charge on any atom is 0.0871 e. The first-order valence-electron chi connectivity index (χ1n) is 7.11. The van der Waals surface area contributed by atoms with Crippen LogP contribution >= 0.6 is 0 Å². The largest absolute Gasteiger partial charge is 0.373 e. The highest BCUT2D eigenvalue weighted by atomic mass is 16.6. The lowest BCUT2D eigenvalue weighted by Crippen LogP contribution is -2.46. The molecule has 96 valence electrons. The van der Waals surface area contributed by atoms with Crippen LogP contribution in [-0.2, 0) is 4.74 Å². The van der Waals surface area contributed by atoms with Gasteiger partial charge in [0.1, 0.15) is 0 Å². The summed E-state index contributed by atoms with van der Waals surface area (Å²) < 4.78 is 5.71. The van der Waals surface area contributed by atoms with Crippen molar-refractivity contribution in [2.75, 3.05) is 6.61 Å². The maximum absolute atomic E-state index is 5.71. The van der Waals surface area contributed by atoms with Gasteiger partial charge >= 0.3 is 0 Å². The molecule has 0 aromatic carbocycles. The molecule has 0 aliphatic carbocycles. The average Bonchev–Trinajstić information content (AvgIpc) is 3.13. The first-order chi connectivity index (χ1) is 7.50. The molecule has 1 heterocycles. The van der Waals surface area contributed by atoms with Crippen LogP contribution in [0.2, 0.25) is 0 Å². The van der Waals surface area contributed by atoms with Crippen molar-refractivity contribution < 1.29 is 4.74 Å². The van der Waals surface area contributed by atoms with Crippen LogP contribution in [0.1, 0.15) is 67.2 Å². The van der Waals surface area contributed by atoms with Gasteiger partial charge in [-0.25, -0.2) is 0 Å². The number of hydrogen-bond donors (Lipinski definition) is 0. The van der Waals surface area contributed by atoms with E-state index in [1.54, 1.807) is 0 Å². The number of hydrogen-bond acceptors (Lipinski definition) is 1. The van der Waals surface area contributed by atoms with Gasteiger partial charge in [-0.2, -0.15) is 0 Å². The molecule has 1 fully saturated rings. The fourth-order valence-corrected chi connectivity index (χ4v) is 3.69. The zero-order chi connectivity index (χ0) is 12.4. The molecular weight excluding hydrogens is 196 g/mol. The Morgan fingerprint density at radius 2 is 1.50 bits per heavy atom. The quantitative estimate of drug-likeness (QED) is 0.575. The third kappa shape index (κ3) is 2.03. The van der Waals surface area contributed by atoms with Gasteiger partial charge in [-0.1, -0.05) is 67.2 Å². The van der Waals surface area contributed by atoms with E-state index in [1.165, 1.54) is 25.7 Å². The third-order valence-electron chi connectivity index (χ3n) is 5.70. The number of ether oxygens (including phenoxy) is 1. The van der Waals surface area contributed by atoms with Crippen molar-refractivity contribution in [1.82, 2.24) is 0 Å². The maximum atomic E-state index is 5.71. The predicted molar refractivity (Wildman–Crippen MR) is 70.6 cm³/mol. The monoisotopic (exact) mass is 226 g/mol. The van der Waals surface area contributed by atoms with Gasteiger partial charge in [-0.15, -0.1) is 0 Å². The van der Waals surface area contributed by atoms with Crippen LogP contribution < -0.4 is 0 Å². The van der Waals surface area contributed by atoms with E-state index in [2.05, 4.69) is 41.5 Å². The summed E-state index contributed by atoms with van der Waals surface area (Å²) in [6.07, 6.45) is 5.60. The Balaban J connectivity index is 3.03. The molecule has 1 saturated heterocycles. The number of epoxide rings is 1. The lowest BCUT2D eigenvalue weighted by molar-refractivity contribution is -0.0306. The van der Waals surface area contributed by atoms with Gasteiger partial charge in [0.2, 0.25) is 0 Å². The Kier molecular flexibility index (Phi) is 4.45. The minimum absolute atomic E-state index is 0.361. The molecule has 0 amide bonds. The fourth-order valence-electron chi connectivity index (χ4n) is 3.69. The molecule has 0 bridgehead atoms. The second-order valence-electron chi connectivity index (χ2n) is 5.89. The first kappa shape index (κ1) is 14.0. The zero-order valence-corrected chi connectivity index (χ0v) is 12.1. The molecule has 0 aromatic rings. The van der Waals surface area contributed by atoms with Gasteiger partial charge in [-0.3, -0.25) is 0 Å². The Bertz CT molecular complexity index is 211. The van der Waals surface area contributed by atoms with E-state index in [0.717, 1.165) is 12.5 Å². The predicted octanol–water partition coefficient (Wildman–Crippen LogP) is 4.65. The topological polar surface area (TPSA) is 12.5 Å². The van der Waals surface area contributed by atoms with E-state index >= 15 is 0 Å². The van der Waals surface area contributed by atoms with Crippen LogP contribution in [0.5, 0.6) is 0 Å². The number of rotatable bonds is 7. The summed E-state index contributed by atoms with van der Waals surface area (Å²) in [5, 5.41) is 0. The summed E-state index contributed by atoms with van der Waals surface area (Å²) in [6, 6.07) is 0. The smallest absolute Gasteiger partial charge is 0.0871 e. The zero-order valence-electron chi connectivity index (χ0n) is 12.1. The van der Waals surface area contributed by atoms with Crippen LogP contribution in [0.4, 0.5) is 0 Å². The highest BCUT2D eigenvalue weighted by Gasteiger charge is 2.56. The molecule has 1 aliphatic rings. The normalized spacial score (nSPS) is 24.6. The standard InChI is InChI=1S/C15H30O/c1-7-12(8-2)15(6,13-11-16-13)14(5,9-3)10-4/h12-13H,7-11H2,1-6H3. The van der Waals surface area contributed by atoms with Gasteiger partial charge in [-0.05, 0) is 11.3 Å². The summed E-state index contributed by atoms with van der Waals surface area (Å²) in [5.74, 6) is 0.796. The van der Waals surface area contributed by atoms with E-state index < -0.39 is 0 Å². The van der Waals surface area contributed by atoms with E-state index in [4.69, 9.17) is 4.74 Å². The van der Waals surface area contributed by atoms with Crippen molar-refractivity contribution in [3.8, 4) is 0 Å². The molecule has 2 atom stereocenters. The Hall–Kier alpha value is -0.0400. The van der Waals surface area contributed by atoms with E-state index in [-0.39, 0.29) is 0 Å². The van der Waals surface area contributed by atoms with Crippen molar-refractivity contribution in [2.45, 2.75) is 73.3 Å². The SMILES string of the molecule is CCC(CC)C(C)(C1CO1)C(C)(CC)CC. The van der Waals surface area contributed by atoms with Crippen LogP contribution in [0.15, 0.2) is 0 Å². The van der Waals surface area contributed by atoms with Crippen molar-refractivity contribution in [3.63, 3.8) is 0 Å². The van der Waals surface area contributed by atoms with Crippen molar-refractivity contribution >= 4 is 0 Å².